The van der Waals surface area contributed by atoms with E-state index in [1.165, 1.54) is 0 Å². The molecule has 0 unspecified atom stereocenters. The molecule has 0 bridgehead atoms. The number of benzene rings is 2. The third-order valence-corrected chi connectivity index (χ3v) is 3.98. The first-order valence-electron chi connectivity index (χ1n) is 7.54. The fourth-order valence-electron chi connectivity index (χ4n) is 2.77. The molecule has 0 spiro atoms. The van der Waals surface area contributed by atoms with Gasteiger partial charge >= 0.3 is 5.97 Å². The van der Waals surface area contributed by atoms with Crippen molar-refractivity contribution in [1.82, 2.24) is 5.32 Å². The predicted molar refractivity (Wildman–Crippen MR) is 86.1 cm³/mol. The highest BCUT2D eigenvalue weighted by Crippen LogP contribution is 2.34. The van der Waals surface area contributed by atoms with Crippen LogP contribution in [0.3, 0.4) is 0 Å². The first kappa shape index (κ1) is 15.4. The smallest absolute Gasteiger partial charge is 0.335 e. The molecule has 0 aromatic heterocycles. The van der Waals surface area contributed by atoms with Gasteiger partial charge in [0.15, 0.2) is 0 Å². The van der Waals surface area contributed by atoms with Crippen molar-refractivity contribution in [3.05, 3.63) is 59.2 Å². The number of hydrogen-bond acceptors (Lipinski definition) is 4. The largest absolute Gasteiger partial charge is 0.497 e. The molecule has 2 aromatic carbocycles. The van der Waals surface area contributed by atoms with Crippen LogP contribution >= 0.6 is 0 Å². The number of methoxy groups -OCH3 is 1. The Hall–Kier alpha value is -2.53. The monoisotopic (exact) mass is 313 g/mol. The van der Waals surface area contributed by atoms with E-state index in [-0.39, 0.29) is 6.04 Å². The predicted octanol–water partition coefficient (Wildman–Crippen LogP) is 3.01. The van der Waals surface area contributed by atoms with Gasteiger partial charge in [0.25, 0.3) is 0 Å². The molecule has 2 N–H and O–H groups in total. The summed E-state index contributed by atoms with van der Waals surface area (Å²) in [5, 5.41) is 12.5. The molecular formula is C18H19NO4. The van der Waals surface area contributed by atoms with Crippen molar-refractivity contribution in [3.63, 3.8) is 0 Å². The molecule has 0 fully saturated rings. The van der Waals surface area contributed by atoms with Gasteiger partial charge in [0, 0.05) is 24.6 Å². The maximum Gasteiger partial charge on any atom is 0.335 e. The number of nitrogens with one attached hydrogen (secondary N) is 1. The van der Waals surface area contributed by atoms with Gasteiger partial charge in [-0.1, -0.05) is 12.1 Å². The summed E-state index contributed by atoms with van der Waals surface area (Å²) in [7, 11) is 1.64. The Balaban J connectivity index is 1.75. The average Bonchev–Trinajstić information content (AvgIpc) is 2.59. The molecule has 1 atom stereocenters. The zero-order valence-electron chi connectivity index (χ0n) is 12.9. The van der Waals surface area contributed by atoms with E-state index in [9.17, 15) is 4.79 Å². The molecule has 120 valence electrons. The number of hydrogen-bond donors (Lipinski definition) is 2. The summed E-state index contributed by atoms with van der Waals surface area (Å²) in [5.74, 6) is 0.760. The third kappa shape index (κ3) is 3.46. The van der Waals surface area contributed by atoms with E-state index >= 15 is 0 Å². The summed E-state index contributed by atoms with van der Waals surface area (Å²) in [6.45, 7) is 1.26. The van der Waals surface area contributed by atoms with Crippen LogP contribution in [-0.4, -0.2) is 24.8 Å². The fourth-order valence-corrected chi connectivity index (χ4v) is 2.77. The Morgan fingerprint density at radius 1 is 1.35 bits per heavy atom. The van der Waals surface area contributed by atoms with Crippen molar-refractivity contribution < 1.29 is 19.4 Å². The standard InChI is InChI=1S/C18H19NO4/c1-22-14-5-6-17-15(10-14)16(7-8-23-17)19-11-12-3-2-4-13(9-12)18(20)21/h2-6,9-10,16,19H,7-8,11H2,1H3,(H,20,21)/t16-/m0/s1. The van der Waals surface area contributed by atoms with Gasteiger partial charge in [-0.25, -0.2) is 4.79 Å². The van der Waals surface area contributed by atoms with Crippen LogP contribution in [0.25, 0.3) is 0 Å². The molecule has 23 heavy (non-hydrogen) atoms. The minimum atomic E-state index is -0.909. The van der Waals surface area contributed by atoms with E-state index in [2.05, 4.69) is 5.32 Å². The topological polar surface area (TPSA) is 67.8 Å². The van der Waals surface area contributed by atoms with Gasteiger partial charge in [-0.3, -0.25) is 0 Å². The highest BCUT2D eigenvalue weighted by atomic mass is 16.5. The first-order valence-corrected chi connectivity index (χ1v) is 7.54. The number of carbonyl (C=O) groups is 1. The van der Waals surface area contributed by atoms with E-state index in [0.29, 0.717) is 18.7 Å². The summed E-state index contributed by atoms with van der Waals surface area (Å²) >= 11 is 0. The fraction of sp³-hybridized carbons (Fsp3) is 0.278. The van der Waals surface area contributed by atoms with Crippen molar-refractivity contribution in [3.8, 4) is 11.5 Å². The Morgan fingerprint density at radius 3 is 3.00 bits per heavy atom. The van der Waals surface area contributed by atoms with Gasteiger partial charge in [-0.05, 0) is 35.9 Å². The van der Waals surface area contributed by atoms with Gasteiger partial charge < -0.3 is 19.9 Å². The number of rotatable bonds is 5. The lowest BCUT2D eigenvalue weighted by Gasteiger charge is -2.27. The SMILES string of the molecule is COc1ccc2c(c1)[C@@H](NCc1cccc(C(=O)O)c1)CCO2. The van der Waals surface area contributed by atoms with Crippen LogP contribution in [-0.2, 0) is 6.54 Å². The summed E-state index contributed by atoms with van der Waals surface area (Å²) in [6.07, 6.45) is 0.860. The Morgan fingerprint density at radius 2 is 2.22 bits per heavy atom. The van der Waals surface area contributed by atoms with Crippen molar-refractivity contribution in [2.75, 3.05) is 13.7 Å². The molecule has 0 saturated heterocycles. The number of carboxylic acid groups (broad SMARTS) is 1. The van der Waals surface area contributed by atoms with Crippen LogP contribution in [0, 0.1) is 0 Å². The quantitative estimate of drug-likeness (QED) is 0.888. The second kappa shape index (κ2) is 6.71. The Labute approximate surface area is 134 Å². The summed E-state index contributed by atoms with van der Waals surface area (Å²) in [5.41, 5.74) is 2.32. The van der Waals surface area contributed by atoms with Crippen LogP contribution < -0.4 is 14.8 Å². The van der Waals surface area contributed by atoms with Gasteiger partial charge in [-0.2, -0.15) is 0 Å². The van der Waals surface area contributed by atoms with Crippen LogP contribution in [0.1, 0.15) is 33.9 Å². The number of ether oxygens (including phenoxy) is 2. The first-order chi connectivity index (χ1) is 11.2. The molecule has 1 aliphatic heterocycles. The van der Waals surface area contributed by atoms with E-state index in [0.717, 1.165) is 29.0 Å². The number of aromatic carboxylic acids is 1. The number of carboxylic acids is 1. The molecule has 0 radical (unpaired) electrons. The lowest BCUT2D eigenvalue weighted by atomic mass is 9.99. The maximum absolute atomic E-state index is 11.0. The number of fused-ring (bicyclic) bond motifs is 1. The molecule has 5 nitrogen and oxygen atoms in total. The van der Waals surface area contributed by atoms with E-state index in [4.69, 9.17) is 14.6 Å². The van der Waals surface area contributed by atoms with Gasteiger partial charge in [-0.15, -0.1) is 0 Å². The van der Waals surface area contributed by atoms with Crippen LogP contribution in [0.4, 0.5) is 0 Å². The molecule has 1 heterocycles. The normalized spacial score (nSPS) is 16.3. The maximum atomic E-state index is 11.0. The molecule has 2 aromatic rings. The second-order valence-electron chi connectivity index (χ2n) is 5.48. The van der Waals surface area contributed by atoms with E-state index in [1.807, 2.05) is 24.3 Å². The second-order valence-corrected chi connectivity index (χ2v) is 5.48. The van der Waals surface area contributed by atoms with Gasteiger partial charge in [0.05, 0.1) is 19.3 Å². The zero-order valence-corrected chi connectivity index (χ0v) is 12.9. The van der Waals surface area contributed by atoms with Gasteiger partial charge in [0.1, 0.15) is 11.5 Å². The minimum Gasteiger partial charge on any atom is -0.497 e. The molecule has 0 aliphatic carbocycles. The molecule has 5 heteroatoms. The summed E-state index contributed by atoms with van der Waals surface area (Å²) < 4.78 is 11.0. The van der Waals surface area contributed by atoms with Crippen LogP contribution in [0.2, 0.25) is 0 Å². The van der Waals surface area contributed by atoms with E-state index in [1.54, 1.807) is 25.3 Å². The highest BCUT2D eigenvalue weighted by molar-refractivity contribution is 5.87. The lowest BCUT2D eigenvalue weighted by Crippen LogP contribution is -2.26. The van der Waals surface area contributed by atoms with Crippen LogP contribution in [0.15, 0.2) is 42.5 Å². The summed E-state index contributed by atoms with van der Waals surface area (Å²) in [6, 6.07) is 12.9. The van der Waals surface area contributed by atoms with Crippen molar-refractivity contribution in [2.45, 2.75) is 19.0 Å². The third-order valence-electron chi connectivity index (χ3n) is 3.98. The van der Waals surface area contributed by atoms with Crippen molar-refractivity contribution in [1.29, 1.82) is 0 Å². The highest BCUT2D eigenvalue weighted by Gasteiger charge is 2.21. The molecular weight excluding hydrogens is 294 g/mol. The molecule has 1 aliphatic rings. The summed E-state index contributed by atoms with van der Waals surface area (Å²) in [4.78, 5) is 11.0. The minimum absolute atomic E-state index is 0.155. The van der Waals surface area contributed by atoms with Gasteiger partial charge in [0.2, 0.25) is 0 Å². The molecule has 0 saturated carbocycles. The van der Waals surface area contributed by atoms with Crippen molar-refractivity contribution >= 4 is 5.97 Å². The average molecular weight is 313 g/mol. The molecule has 0 amide bonds. The lowest BCUT2D eigenvalue weighted by molar-refractivity contribution is 0.0696. The Kier molecular flexibility index (Phi) is 4.48. The zero-order chi connectivity index (χ0) is 16.2. The van der Waals surface area contributed by atoms with E-state index < -0.39 is 5.97 Å². The molecule has 3 rings (SSSR count). The van der Waals surface area contributed by atoms with Crippen molar-refractivity contribution in [2.24, 2.45) is 0 Å². The van der Waals surface area contributed by atoms with Crippen LogP contribution in [0.5, 0.6) is 11.5 Å². The Bertz CT molecular complexity index is 714.